The van der Waals surface area contributed by atoms with Crippen molar-refractivity contribution in [1.82, 2.24) is 10.6 Å². The molecule has 1 atom stereocenters. The van der Waals surface area contributed by atoms with Crippen molar-refractivity contribution >= 4 is 12.4 Å². The first kappa shape index (κ1) is 13.3. The van der Waals surface area contributed by atoms with Crippen LogP contribution in [0.15, 0.2) is 12.1 Å². The van der Waals surface area contributed by atoms with Crippen molar-refractivity contribution in [2.75, 3.05) is 19.6 Å². The van der Waals surface area contributed by atoms with Crippen LogP contribution >= 0.6 is 12.4 Å². The maximum Gasteiger partial charge on any atom is 0.163 e. The van der Waals surface area contributed by atoms with Crippen molar-refractivity contribution in [3.05, 3.63) is 35.1 Å². The zero-order valence-corrected chi connectivity index (χ0v) is 9.21. The Hall–Kier alpha value is -0.780. The molecule has 1 aliphatic rings. The number of rotatable bonds is 1. The molecule has 0 bridgehead atoms. The van der Waals surface area contributed by atoms with Gasteiger partial charge in [-0.15, -0.1) is 12.4 Å². The Morgan fingerprint density at radius 2 is 1.88 bits per heavy atom. The molecule has 0 unspecified atom stereocenters. The molecule has 16 heavy (non-hydrogen) atoms. The Bertz CT molecular complexity index is 367. The van der Waals surface area contributed by atoms with Crippen LogP contribution in [0, 0.1) is 17.5 Å². The monoisotopic (exact) mass is 252 g/mol. The lowest BCUT2D eigenvalue weighted by Gasteiger charge is -2.25. The molecule has 0 aromatic heterocycles. The van der Waals surface area contributed by atoms with E-state index >= 15 is 0 Å². The van der Waals surface area contributed by atoms with Crippen LogP contribution in [-0.2, 0) is 0 Å². The molecule has 1 heterocycles. The summed E-state index contributed by atoms with van der Waals surface area (Å²) in [6, 6.07) is 1.21. The summed E-state index contributed by atoms with van der Waals surface area (Å²) in [4.78, 5) is 0. The average molecular weight is 253 g/mol. The minimum absolute atomic E-state index is 0. The Kier molecular flexibility index (Phi) is 4.58. The van der Waals surface area contributed by atoms with E-state index in [4.69, 9.17) is 0 Å². The molecule has 1 saturated heterocycles. The summed E-state index contributed by atoms with van der Waals surface area (Å²) in [5.41, 5.74) is 0.0414. The highest BCUT2D eigenvalue weighted by molar-refractivity contribution is 5.85. The Labute approximate surface area is 97.6 Å². The van der Waals surface area contributed by atoms with Gasteiger partial charge in [0.2, 0.25) is 0 Å². The van der Waals surface area contributed by atoms with E-state index < -0.39 is 17.5 Å². The Morgan fingerprint density at radius 1 is 1.12 bits per heavy atom. The third-order valence-corrected chi connectivity index (χ3v) is 2.44. The highest BCUT2D eigenvalue weighted by Gasteiger charge is 2.21. The normalized spacial score (nSPS) is 20.3. The highest BCUT2D eigenvalue weighted by atomic mass is 35.5. The van der Waals surface area contributed by atoms with Gasteiger partial charge in [0.1, 0.15) is 5.82 Å². The van der Waals surface area contributed by atoms with Crippen LogP contribution in [0.2, 0.25) is 0 Å². The summed E-state index contributed by atoms with van der Waals surface area (Å²) < 4.78 is 39.2. The summed E-state index contributed by atoms with van der Waals surface area (Å²) in [7, 11) is 0. The lowest BCUT2D eigenvalue weighted by molar-refractivity contribution is 0.402. The van der Waals surface area contributed by atoms with Crippen molar-refractivity contribution in [2.45, 2.75) is 6.04 Å². The van der Waals surface area contributed by atoms with Gasteiger partial charge in [-0.25, -0.2) is 13.2 Å². The molecule has 0 radical (unpaired) electrons. The van der Waals surface area contributed by atoms with E-state index in [-0.39, 0.29) is 24.0 Å². The molecule has 2 rings (SSSR count). The van der Waals surface area contributed by atoms with E-state index in [2.05, 4.69) is 10.6 Å². The topological polar surface area (TPSA) is 24.1 Å². The van der Waals surface area contributed by atoms with Gasteiger partial charge >= 0.3 is 0 Å². The molecule has 1 aromatic carbocycles. The predicted octanol–water partition coefficient (Wildman–Crippen LogP) is 1.76. The lowest BCUT2D eigenvalue weighted by Crippen LogP contribution is -2.43. The van der Waals surface area contributed by atoms with Gasteiger partial charge in [0.05, 0.1) is 0 Å². The van der Waals surface area contributed by atoms with E-state index in [9.17, 15) is 13.2 Å². The number of hydrogen-bond acceptors (Lipinski definition) is 2. The van der Waals surface area contributed by atoms with Crippen LogP contribution in [-0.4, -0.2) is 19.6 Å². The Balaban J connectivity index is 0.00000128. The second kappa shape index (κ2) is 5.52. The molecule has 2 N–H and O–H groups in total. The number of hydrogen-bond donors (Lipinski definition) is 2. The molecule has 0 aliphatic carbocycles. The summed E-state index contributed by atoms with van der Waals surface area (Å²) >= 11 is 0. The van der Waals surface area contributed by atoms with Gasteiger partial charge in [-0.1, -0.05) is 0 Å². The van der Waals surface area contributed by atoms with Gasteiger partial charge in [-0.05, 0) is 6.07 Å². The molecular weight excluding hydrogens is 241 g/mol. The molecule has 0 spiro atoms. The lowest BCUT2D eigenvalue weighted by atomic mass is 10.0. The van der Waals surface area contributed by atoms with Gasteiger partial charge in [-0.2, -0.15) is 0 Å². The molecule has 1 aromatic rings. The van der Waals surface area contributed by atoms with Gasteiger partial charge in [0.15, 0.2) is 11.6 Å². The molecule has 90 valence electrons. The summed E-state index contributed by atoms with van der Waals surface area (Å²) in [5.74, 6) is -2.87. The van der Waals surface area contributed by atoms with E-state index in [1.54, 1.807) is 0 Å². The van der Waals surface area contributed by atoms with E-state index in [1.165, 1.54) is 0 Å². The van der Waals surface area contributed by atoms with Crippen LogP contribution < -0.4 is 10.6 Å². The van der Waals surface area contributed by atoms with Crippen LogP contribution in [0.5, 0.6) is 0 Å². The fourth-order valence-corrected chi connectivity index (χ4v) is 1.70. The second-order valence-corrected chi connectivity index (χ2v) is 3.50. The average Bonchev–Trinajstić information content (AvgIpc) is 2.24. The van der Waals surface area contributed by atoms with Crippen molar-refractivity contribution in [3.63, 3.8) is 0 Å². The largest absolute Gasteiger partial charge is 0.314 e. The zero-order chi connectivity index (χ0) is 10.8. The molecule has 0 amide bonds. The molecule has 0 saturated carbocycles. The first-order valence-electron chi connectivity index (χ1n) is 4.77. The maximum atomic E-state index is 13.4. The fraction of sp³-hybridized carbons (Fsp3) is 0.400. The molecule has 6 heteroatoms. The van der Waals surface area contributed by atoms with Crippen LogP contribution in [0.25, 0.3) is 0 Å². The van der Waals surface area contributed by atoms with Gasteiger partial charge in [0, 0.05) is 37.3 Å². The van der Waals surface area contributed by atoms with Crippen molar-refractivity contribution in [1.29, 1.82) is 0 Å². The van der Waals surface area contributed by atoms with E-state index in [1.807, 2.05) is 0 Å². The summed E-state index contributed by atoms with van der Waals surface area (Å²) in [6.45, 7) is 1.90. The molecule has 1 aliphatic heterocycles. The maximum absolute atomic E-state index is 13.4. The molecule has 1 fully saturated rings. The van der Waals surface area contributed by atoms with Gasteiger partial charge < -0.3 is 10.6 Å². The SMILES string of the molecule is Cl.Fc1cc(F)c(F)c([C@@H]2CNCCN2)c1. The first-order valence-corrected chi connectivity index (χ1v) is 4.77. The van der Waals surface area contributed by atoms with Crippen LogP contribution in [0.3, 0.4) is 0 Å². The van der Waals surface area contributed by atoms with E-state index in [0.717, 1.165) is 12.6 Å². The summed E-state index contributed by atoms with van der Waals surface area (Å²) in [6.07, 6.45) is 0. The van der Waals surface area contributed by atoms with Crippen molar-refractivity contribution in [2.24, 2.45) is 0 Å². The number of nitrogens with one attached hydrogen (secondary N) is 2. The van der Waals surface area contributed by atoms with E-state index in [0.29, 0.717) is 19.2 Å². The van der Waals surface area contributed by atoms with Gasteiger partial charge in [-0.3, -0.25) is 0 Å². The number of piperazine rings is 1. The zero-order valence-electron chi connectivity index (χ0n) is 8.40. The van der Waals surface area contributed by atoms with Crippen LogP contribution in [0.1, 0.15) is 11.6 Å². The standard InChI is InChI=1S/C10H11F3N2.ClH/c11-6-3-7(10(13)8(12)4-6)9-5-14-1-2-15-9;/h3-4,9,14-15H,1-2,5H2;1H/t9-;/m0./s1. The number of halogens is 4. The van der Waals surface area contributed by atoms with Crippen LogP contribution in [0.4, 0.5) is 13.2 Å². The fourth-order valence-electron chi connectivity index (χ4n) is 1.70. The minimum atomic E-state index is -1.14. The van der Waals surface area contributed by atoms with Crippen molar-refractivity contribution in [3.8, 4) is 0 Å². The van der Waals surface area contributed by atoms with Gasteiger partial charge in [0.25, 0.3) is 0 Å². The quantitative estimate of drug-likeness (QED) is 0.745. The van der Waals surface area contributed by atoms with Crippen molar-refractivity contribution < 1.29 is 13.2 Å². The molecular formula is C10H12ClF3N2. The second-order valence-electron chi connectivity index (χ2n) is 3.50. The molecule has 2 nitrogen and oxygen atoms in total. The Morgan fingerprint density at radius 3 is 2.50 bits per heavy atom. The first-order chi connectivity index (χ1) is 7.18. The predicted molar refractivity (Wildman–Crippen MR) is 57.2 cm³/mol. The highest BCUT2D eigenvalue weighted by Crippen LogP contribution is 2.21. The number of benzene rings is 1. The summed E-state index contributed by atoms with van der Waals surface area (Å²) in [5, 5.41) is 6.02. The minimum Gasteiger partial charge on any atom is -0.314 e. The smallest absolute Gasteiger partial charge is 0.163 e. The third kappa shape index (κ3) is 2.66. The third-order valence-electron chi connectivity index (χ3n) is 2.44.